The number of nitrogen functional groups attached to an aromatic ring is 2. The summed E-state index contributed by atoms with van der Waals surface area (Å²) < 4.78 is 10.5. The van der Waals surface area contributed by atoms with E-state index in [2.05, 4.69) is 150 Å². The molecule has 0 saturated heterocycles. The number of rotatable bonds is 15. The number of H-pyrrole nitrogens is 3. The maximum absolute atomic E-state index is 12.0. The van der Waals surface area contributed by atoms with E-state index in [9.17, 15) is 9.59 Å². The molecule has 15 aromatic rings. The Kier molecular flexibility index (Phi) is 21.9. The van der Waals surface area contributed by atoms with Crippen LogP contribution in [-0.4, -0.2) is 88.2 Å². The van der Waals surface area contributed by atoms with Gasteiger partial charge in [-0.1, -0.05) is 97.6 Å². The third kappa shape index (κ3) is 19.1. The second-order valence-corrected chi connectivity index (χ2v) is 31.9. The van der Waals surface area contributed by atoms with E-state index in [1.807, 2.05) is 158 Å². The van der Waals surface area contributed by atoms with E-state index in [1.54, 1.807) is 48.5 Å². The maximum atomic E-state index is 12.0. The molecule has 25 heteroatoms. The van der Waals surface area contributed by atoms with Crippen LogP contribution in [0.3, 0.4) is 0 Å². The zero-order valence-electron chi connectivity index (χ0n) is 68.2. The fourth-order valence-corrected chi connectivity index (χ4v) is 14.4. The van der Waals surface area contributed by atoms with Crippen molar-refractivity contribution in [2.75, 3.05) is 32.7 Å². The van der Waals surface area contributed by atoms with Crippen LogP contribution in [0.4, 0.5) is 60.8 Å². The standard InChI is InChI=1S/C41H43N7O4.C29H25N9.C27H21N5/c1-24(44-38(49)51-40(3,4)5)42-31-16-11-26(12-17-31)34-23-30-10-9-28(21-35(30)46-34)29-15-20-33-36(22-29)48-37(47-33)27-13-18-32(19-14-27)43-25(2)45-39(50)52-41(6,7)8;30-28(31)34-21-8-3-16(4-9-21)24-15-20-2-1-18(13-25(20)36-24)19-7-12-23-26(14-19)38-27(37-23)17-5-10-22(11-6-17)35-29(32)33;28-21-8-3-16(4-9-21)24-15-20-2-1-18(13-25(20)30-24)19-7-12-23-26(14-19)32-27(31-23)17-5-10-22(29)11-6-17/h9-22,43H,2,23H2,1,3-8H3,(H,45,50)(H,47,48)(H,42,44,49);1-14H,15H2,(H,37,38)(H4,30,31,34)(H4,32,33,35);1-14H,15,28-29H2,(H,31,32). The number of guanidine groups is 2. The van der Waals surface area contributed by atoms with Crippen LogP contribution < -0.4 is 49.5 Å². The van der Waals surface area contributed by atoms with Crippen LogP contribution in [0, 0.1) is 10.8 Å². The van der Waals surface area contributed by atoms with Gasteiger partial charge in [0.05, 0.1) is 67.3 Å². The quantitative estimate of drug-likeness (QED) is 0.0258. The van der Waals surface area contributed by atoms with Crippen LogP contribution in [0.25, 0.3) is 101 Å². The minimum Gasteiger partial charge on any atom is -0.444 e. The number of aromatic nitrogens is 6. The van der Waals surface area contributed by atoms with E-state index in [1.165, 1.54) is 16.7 Å². The van der Waals surface area contributed by atoms with Gasteiger partial charge in [-0.25, -0.2) is 24.5 Å². The number of anilines is 6. The molecule has 25 nitrogen and oxygen atoms in total. The zero-order chi connectivity index (χ0) is 85.1. The number of carbonyl (C=O) groups is 2. The molecule has 0 atom stereocenters. The third-order valence-electron chi connectivity index (χ3n) is 20.2. The minimum absolute atomic E-state index is 0.0856. The van der Waals surface area contributed by atoms with E-state index >= 15 is 0 Å². The molecule has 0 radical (unpaired) electrons. The van der Waals surface area contributed by atoms with E-state index < -0.39 is 23.4 Å². The number of alkyl carbamates (subject to hydrolysis) is 1. The smallest absolute Gasteiger partial charge is 0.435 e. The monoisotopic (exact) mass is 1610 g/mol. The second-order valence-electron chi connectivity index (χ2n) is 31.9. The van der Waals surface area contributed by atoms with Crippen molar-refractivity contribution >= 4 is 131 Å². The van der Waals surface area contributed by atoms with Crippen molar-refractivity contribution in [1.82, 2.24) is 35.2 Å². The number of carbonyl (C=O) groups excluding carboxylic acids is 2. The summed E-state index contributed by atoms with van der Waals surface area (Å²) in [5.74, 6) is 2.94. The summed E-state index contributed by atoms with van der Waals surface area (Å²) >= 11 is 0. The molecule has 0 aliphatic carbocycles. The summed E-state index contributed by atoms with van der Waals surface area (Å²) in [6.07, 6.45) is 1.16. The molecule has 0 spiro atoms. The van der Waals surface area contributed by atoms with Gasteiger partial charge >= 0.3 is 12.2 Å². The van der Waals surface area contributed by atoms with Crippen molar-refractivity contribution in [3.05, 3.63) is 301 Å². The Hall–Kier alpha value is -16.1. The Balaban J connectivity index is 0.000000140. The Morgan fingerprint density at radius 3 is 1.11 bits per heavy atom. The number of nitrogens with one attached hydrogen (secondary N) is 10. The molecular formula is C97H89N21O4. The van der Waals surface area contributed by atoms with Gasteiger partial charge in [0.25, 0.3) is 0 Å². The second kappa shape index (κ2) is 33.5. The van der Waals surface area contributed by atoms with Gasteiger partial charge in [-0.3, -0.25) is 31.1 Å². The number of nitrogens with two attached hydrogens (primary N) is 4. The maximum Gasteiger partial charge on any atom is 0.435 e. The third-order valence-corrected chi connectivity index (χ3v) is 20.2. The van der Waals surface area contributed by atoms with E-state index in [-0.39, 0.29) is 11.9 Å². The van der Waals surface area contributed by atoms with Crippen LogP contribution in [0.15, 0.2) is 287 Å². The van der Waals surface area contributed by atoms with Crippen molar-refractivity contribution in [3.63, 3.8) is 0 Å². The number of hydrogen-bond acceptors (Lipinski definition) is 15. The molecule has 122 heavy (non-hydrogen) atoms. The molecular weight excluding hydrogens is 1520 g/mol. The van der Waals surface area contributed by atoms with Crippen molar-refractivity contribution < 1.29 is 19.1 Å². The lowest BCUT2D eigenvalue weighted by Gasteiger charge is -2.20. The first kappa shape index (κ1) is 79.8. The highest BCUT2D eigenvalue weighted by Crippen LogP contribution is 2.40. The minimum atomic E-state index is -0.628. The van der Waals surface area contributed by atoms with Gasteiger partial charge in [0.1, 0.15) is 40.3 Å². The van der Waals surface area contributed by atoms with E-state index in [4.69, 9.17) is 73.2 Å². The summed E-state index contributed by atoms with van der Waals surface area (Å²) in [6.45, 7) is 16.4. The van der Waals surface area contributed by atoms with Crippen LogP contribution in [0.1, 0.15) is 81.8 Å². The average molecular weight is 1610 g/mol. The lowest BCUT2D eigenvalue weighted by molar-refractivity contribution is 0.0544. The number of nitrogens with zero attached hydrogens (tertiary/aromatic N) is 7. The van der Waals surface area contributed by atoms with Crippen molar-refractivity contribution in [2.45, 2.75) is 78.9 Å². The van der Waals surface area contributed by atoms with Crippen molar-refractivity contribution in [2.24, 2.45) is 31.4 Å². The lowest BCUT2D eigenvalue weighted by Crippen LogP contribution is -2.33. The Morgan fingerprint density at radius 1 is 0.385 bits per heavy atom. The first-order chi connectivity index (χ1) is 58.6. The van der Waals surface area contributed by atoms with Crippen LogP contribution in [0.2, 0.25) is 0 Å². The predicted octanol–water partition coefficient (Wildman–Crippen LogP) is 20.7. The van der Waals surface area contributed by atoms with Gasteiger partial charge in [-0.2, -0.15) is 4.99 Å². The highest BCUT2D eigenvalue weighted by molar-refractivity contribution is 6.10. The fraction of sp³-hybridized carbons (Fsp3) is 0.124. The number of fused-ring (bicyclic) bond motifs is 6. The molecule has 0 unspecified atom stereocenters. The number of aliphatic imine (C=N–C) groups is 4. The van der Waals surface area contributed by atoms with Crippen LogP contribution in [-0.2, 0) is 28.7 Å². The van der Waals surface area contributed by atoms with Gasteiger partial charge in [0, 0.05) is 70.1 Å². The molecule has 18 rings (SSSR count). The first-order valence-electron chi connectivity index (χ1n) is 39.6. The van der Waals surface area contributed by atoms with Gasteiger partial charge in [0.15, 0.2) is 11.9 Å². The summed E-state index contributed by atoms with van der Waals surface area (Å²) in [5.41, 5.74) is 53.7. The number of amides is 2. The highest BCUT2D eigenvalue weighted by atomic mass is 16.6. The Bertz CT molecular complexity index is 6720. The van der Waals surface area contributed by atoms with E-state index in [0.29, 0.717) is 11.7 Å². The summed E-state index contributed by atoms with van der Waals surface area (Å²) in [6, 6.07) is 84.7. The van der Waals surface area contributed by atoms with Gasteiger partial charge in [-0.15, -0.1) is 0 Å². The summed E-state index contributed by atoms with van der Waals surface area (Å²) in [7, 11) is 0. The van der Waals surface area contributed by atoms with Crippen LogP contribution >= 0.6 is 0 Å². The predicted molar refractivity (Wildman–Crippen MR) is 495 cm³/mol. The Morgan fingerprint density at radius 2 is 0.705 bits per heavy atom. The van der Waals surface area contributed by atoms with Crippen LogP contribution in [0.5, 0.6) is 0 Å². The Labute approximate surface area is 703 Å². The average Bonchev–Trinajstić information content (AvgIpc) is 1.64. The lowest BCUT2D eigenvalue weighted by atomic mass is 10.00. The fourth-order valence-electron chi connectivity index (χ4n) is 14.4. The number of aromatic amines is 3. The zero-order valence-corrected chi connectivity index (χ0v) is 68.2. The molecule has 3 aliphatic rings. The first-order valence-corrected chi connectivity index (χ1v) is 39.6. The van der Waals surface area contributed by atoms with Crippen molar-refractivity contribution in [3.8, 4) is 67.5 Å². The molecule has 3 aliphatic heterocycles. The normalized spacial score (nSPS) is 12.6. The molecule has 2 amide bonds. The molecule has 0 fully saturated rings. The molecule has 606 valence electrons. The number of imidazole rings is 3. The number of benzene rings is 12. The topological polar surface area (TPSA) is 400 Å². The number of amidine groups is 1. The molecule has 0 bridgehead atoms. The largest absolute Gasteiger partial charge is 0.444 e. The molecule has 3 aromatic heterocycles. The van der Waals surface area contributed by atoms with Gasteiger partial charge in [0.2, 0.25) is 0 Å². The van der Waals surface area contributed by atoms with Gasteiger partial charge in [-0.05, 0) is 279 Å². The highest BCUT2D eigenvalue weighted by Gasteiger charge is 2.24. The summed E-state index contributed by atoms with van der Waals surface area (Å²) in [4.78, 5) is 67.5. The van der Waals surface area contributed by atoms with Crippen molar-refractivity contribution in [1.29, 1.82) is 10.8 Å². The molecule has 0 saturated carbocycles. The SMILES string of the molecule is C=C(NC(=O)OC(C)(C)C)Nc1ccc(-c2nc3cc(-c4ccc5c(c4)N=C(c4ccc(NC(C)=NC(=O)OC(C)(C)C)cc4)C5)ccc3[nH]2)cc1.N=C(N)Nc1ccc(C2=Nc3cc(-c4ccc5[nH]c(-c6ccc(NC(=N)N)cc6)nc5c4)ccc3C2)cc1.Nc1ccc(C2=Nc3cc(-c4ccc5nc(-c6ccc(N)cc6)[nH]c5c4)ccc3C2)cc1. The van der Waals surface area contributed by atoms with E-state index in [0.717, 1.165) is 205 Å². The molecule has 6 heterocycles. The summed E-state index contributed by atoms with van der Waals surface area (Å²) in [5, 5.41) is 29.1. The molecule has 18 N–H and O–H groups in total. The number of hydrogen-bond donors (Lipinski definition) is 14. The van der Waals surface area contributed by atoms with Gasteiger partial charge < -0.3 is 68.6 Å². The molecule has 12 aromatic carbocycles. The number of ether oxygens (including phenoxy) is 2.